The van der Waals surface area contributed by atoms with Crippen molar-refractivity contribution in [3.63, 3.8) is 0 Å². The largest absolute Gasteiger partial charge is 0.338 e. The van der Waals surface area contributed by atoms with Crippen molar-refractivity contribution < 1.29 is 4.79 Å². The predicted molar refractivity (Wildman–Crippen MR) is 55.8 cm³/mol. The summed E-state index contributed by atoms with van der Waals surface area (Å²) in [6, 6.07) is 0.365. The zero-order valence-electron chi connectivity index (χ0n) is 9.26. The van der Waals surface area contributed by atoms with Crippen LogP contribution in [0.3, 0.4) is 0 Å². The number of carbonyl (C=O) groups is 1. The lowest BCUT2D eigenvalue weighted by Gasteiger charge is -2.23. The normalized spacial score (nSPS) is 12.3. The first-order valence-corrected chi connectivity index (χ1v) is 5.14. The number of hydrogen-bond donors (Lipinski definition) is 1. The molecule has 0 bridgehead atoms. The second kappa shape index (κ2) is 6.75. The van der Waals surface area contributed by atoms with Gasteiger partial charge in [0.25, 0.3) is 0 Å². The summed E-state index contributed by atoms with van der Waals surface area (Å²) in [6.07, 6.45) is 3.17. The minimum absolute atomic E-state index is 0.0443. The average molecular weight is 186 g/mol. The van der Waals surface area contributed by atoms with Crippen LogP contribution in [0.2, 0.25) is 0 Å². The number of amides is 2. The Hall–Kier alpha value is -0.730. The van der Waals surface area contributed by atoms with Crippen molar-refractivity contribution >= 4 is 6.03 Å². The first kappa shape index (κ1) is 12.3. The van der Waals surface area contributed by atoms with Crippen molar-refractivity contribution in [3.05, 3.63) is 0 Å². The molecule has 1 atom stereocenters. The maximum Gasteiger partial charge on any atom is 0.317 e. The Kier molecular flexibility index (Phi) is 6.37. The molecule has 3 heteroatoms. The highest BCUT2D eigenvalue weighted by Crippen LogP contribution is 1.99. The van der Waals surface area contributed by atoms with E-state index in [9.17, 15) is 4.79 Å². The van der Waals surface area contributed by atoms with E-state index in [1.807, 2.05) is 7.05 Å². The second-order valence-corrected chi connectivity index (χ2v) is 3.45. The van der Waals surface area contributed by atoms with Crippen LogP contribution in [0.25, 0.3) is 0 Å². The Morgan fingerprint density at radius 3 is 2.54 bits per heavy atom. The third kappa shape index (κ3) is 4.76. The van der Waals surface area contributed by atoms with Crippen LogP contribution >= 0.6 is 0 Å². The summed E-state index contributed by atoms with van der Waals surface area (Å²) in [5.74, 6) is 0. The van der Waals surface area contributed by atoms with Gasteiger partial charge in [-0.3, -0.25) is 0 Å². The van der Waals surface area contributed by atoms with Gasteiger partial charge in [-0.05, 0) is 19.8 Å². The highest BCUT2D eigenvalue weighted by Gasteiger charge is 2.12. The summed E-state index contributed by atoms with van der Waals surface area (Å²) in [6.45, 7) is 7.04. The molecule has 1 N–H and O–H groups in total. The maximum atomic E-state index is 11.4. The minimum atomic E-state index is 0.0443. The van der Waals surface area contributed by atoms with E-state index in [2.05, 4.69) is 26.1 Å². The lowest BCUT2D eigenvalue weighted by Crippen LogP contribution is -2.42. The smallest absolute Gasteiger partial charge is 0.317 e. The number of urea groups is 1. The molecule has 0 aromatic carbocycles. The number of unbranched alkanes of at least 4 members (excludes halogenated alkanes) is 1. The average Bonchev–Trinajstić information content (AvgIpc) is 2.15. The molecule has 2 amide bonds. The van der Waals surface area contributed by atoms with Crippen molar-refractivity contribution in [3.8, 4) is 0 Å². The third-order valence-corrected chi connectivity index (χ3v) is 2.38. The van der Waals surface area contributed by atoms with Gasteiger partial charge in [-0.2, -0.15) is 0 Å². The zero-order valence-corrected chi connectivity index (χ0v) is 9.26. The van der Waals surface area contributed by atoms with Gasteiger partial charge in [0.1, 0.15) is 0 Å². The van der Waals surface area contributed by atoms with Crippen molar-refractivity contribution in [1.82, 2.24) is 10.2 Å². The van der Waals surface area contributed by atoms with Gasteiger partial charge in [0, 0.05) is 19.6 Å². The van der Waals surface area contributed by atoms with Gasteiger partial charge < -0.3 is 10.2 Å². The molecule has 0 aliphatic heterocycles. The quantitative estimate of drug-likeness (QED) is 0.656. The van der Waals surface area contributed by atoms with Gasteiger partial charge in [-0.1, -0.05) is 20.3 Å². The number of rotatable bonds is 5. The second-order valence-electron chi connectivity index (χ2n) is 3.45. The van der Waals surface area contributed by atoms with Gasteiger partial charge in [-0.25, -0.2) is 4.79 Å². The Morgan fingerprint density at radius 1 is 1.46 bits per heavy atom. The summed E-state index contributed by atoms with van der Waals surface area (Å²) in [7, 11) is 1.84. The molecular weight excluding hydrogens is 164 g/mol. The molecule has 1 unspecified atom stereocenters. The summed E-state index contributed by atoms with van der Waals surface area (Å²) in [4.78, 5) is 13.2. The standard InChI is InChI=1S/C10H22N2O/c1-5-7-8-11-10(13)12(4)9(3)6-2/h9H,5-8H2,1-4H3,(H,11,13). The molecule has 0 aromatic rings. The monoisotopic (exact) mass is 186 g/mol. The van der Waals surface area contributed by atoms with Crippen LogP contribution in [0.1, 0.15) is 40.0 Å². The Morgan fingerprint density at radius 2 is 2.08 bits per heavy atom. The van der Waals surface area contributed by atoms with E-state index in [0.717, 1.165) is 25.8 Å². The summed E-state index contributed by atoms with van der Waals surface area (Å²) in [5, 5.41) is 2.89. The van der Waals surface area contributed by atoms with E-state index >= 15 is 0 Å². The predicted octanol–water partition coefficient (Wildman–Crippen LogP) is 2.23. The van der Waals surface area contributed by atoms with E-state index in [1.165, 1.54) is 0 Å². The van der Waals surface area contributed by atoms with Crippen LogP contribution in [0.4, 0.5) is 4.79 Å². The van der Waals surface area contributed by atoms with E-state index in [1.54, 1.807) is 4.90 Å². The number of nitrogens with one attached hydrogen (secondary N) is 1. The molecule has 13 heavy (non-hydrogen) atoms. The fourth-order valence-corrected chi connectivity index (χ4v) is 0.971. The SMILES string of the molecule is CCCCNC(=O)N(C)C(C)CC. The molecule has 3 nitrogen and oxygen atoms in total. The van der Waals surface area contributed by atoms with Crippen molar-refractivity contribution in [2.45, 2.75) is 46.1 Å². The van der Waals surface area contributed by atoms with Crippen molar-refractivity contribution in [1.29, 1.82) is 0 Å². The first-order chi connectivity index (χ1) is 6.13. The highest BCUT2D eigenvalue weighted by atomic mass is 16.2. The van der Waals surface area contributed by atoms with Crippen LogP contribution < -0.4 is 5.32 Å². The molecular formula is C10H22N2O. The van der Waals surface area contributed by atoms with Crippen LogP contribution in [0.15, 0.2) is 0 Å². The molecule has 0 saturated carbocycles. The van der Waals surface area contributed by atoms with Crippen molar-refractivity contribution in [2.24, 2.45) is 0 Å². The lowest BCUT2D eigenvalue weighted by atomic mass is 10.2. The van der Waals surface area contributed by atoms with Gasteiger partial charge in [0.05, 0.1) is 0 Å². The molecule has 0 saturated heterocycles. The number of carbonyl (C=O) groups excluding carboxylic acids is 1. The molecule has 78 valence electrons. The Balaban J connectivity index is 3.69. The minimum Gasteiger partial charge on any atom is -0.338 e. The van der Waals surface area contributed by atoms with E-state index in [0.29, 0.717) is 6.04 Å². The van der Waals surface area contributed by atoms with E-state index < -0.39 is 0 Å². The summed E-state index contributed by atoms with van der Waals surface area (Å²) >= 11 is 0. The summed E-state index contributed by atoms with van der Waals surface area (Å²) in [5.41, 5.74) is 0. The Bertz CT molecular complexity index is 148. The molecule has 0 fully saturated rings. The van der Waals surface area contributed by atoms with E-state index in [-0.39, 0.29) is 6.03 Å². The molecule has 0 radical (unpaired) electrons. The molecule has 0 heterocycles. The maximum absolute atomic E-state index is 11.4. The van der Waals surface area contributed by atoms with E-state index in [4.69, 9.17) is 0 Å². The number of nitrogens with zero attached hydrogens (tertiary/aromatic N) is 1. The van der Waals surface area contributed by atoms with Crippen LogP contribution in [0.5, 0.6) is 0 Å². The molecule has 0 aliphatic rings. The fraction of sp³-hybridized carbons (Fsp3) is 0.900. The molecule has 0 rings (SSSR count). The summed E-state index contributed by atoms with van der Waals surface area (Å²) < 4.78 is 0. The van der Waals surface area contributed by atoms with Crippen LogP contribution in [0, 0.1) is 0 Å². The van der Waals surface area contributed by atoms with Gasteiger partial charge in [0.15, 0.2) is 0 Å². The number of hydrogen-bond acceptors (Lipinski definition) is 1. The van der Waals surface area contributed by atoms with Crippen LogP contribution in [-0.2, 0) is 0 Å². The molecule has 0 spiro atoms. The highest BCUT2D eigenvalue weighted by molar-refractivity contribution is 5.74. The van der Waals surface area contributed by atoms with Gasteiger partial charge in [-0.15, -0.1) is 0 Å². The fourth-order valence-electron chi connectivity index (χ4n) is 0.971. The first-order valence-electron chi connectivity index (χ1n) is 5.14. The topological polar surface area (TPSA) is 32.3 Å². The lowest BCUT2D eigenvalue weighted by molar-refractivity contribution is 0.192. The van der Waals surface area contributed by atoms with Gasteiger partial charge >= 0.3 is 6.03 Å². The molecule has 0 aliphatic carbocycles. The van der Waals surface area contributed by atoms with Crippen LogP contribution in [-0.4, -0.2) is 30.6 Å². The zero-order chi connectivity index (χ0) is 10.3. The third-order valence-electron chi connectivity index (χ3n) is 2.38. The van der Waals surface area contributed by atoms with Crippen molar-refractivity contribution in [2.75, 3.05) is 13.6 Å². The molecule has 0 aromatic heterocycles. The van der Waals surface area contributed by atoms with Gasteiger partial charge in [0.2, 0.25) is 0 Å². The Labute approximate surface area is 81.5 Å².